The number of carbonyl (C=O) groups is 3. The van der Waals surface area contributed by atoms with Gasteiger partial charge >= 0.3 is 0 Å². The number of carbonyl (C=O) groups excluding carboxylic acids is 3. The summed E-state index contributed by atoms with van der Waals surface area (Å²) < 4.78 is 5.55. The lowest BCUT2D eigenvalue weighted by molar-refractivity contribution is -0.117. The number of hydrogen-bond acceptors (Lipinski definition) is 7. The molecule has 0 bridgehead atoms. The van der Waals surface area contributed by atoms with E-state index in [1.165, 1.54) is 17.9 Å². The van der Waals surface area contributed by atoms with E-state index in [0.717, 1.165) is 16.9 Å². The fraction of sp³-hybridized carbons (Fsp3) is 0.143. The Morgan fingerprint density at radius 2 is 1.86 bits per heavy atom. The molecule has 2 heterocycles. The third-order valence-corrected chi connectivity index (χ3v) is 6.83. The molecule has 182 valence electrons. The topological polar surface area (TPSA) is 96.8 Å². The number of aliphatic hydroxyl groups excluding tert-OH is 1. The highest BCUT2D eigenvalue weighted by molar-refractivity contribution is 7.17. The van der Waals surface area contributed by atoms with Crippen LogP contribution in [0.5, 0.6) is 5.75 Å². The SMILES string of the molecule is C=CCOc1ccc(C2C(C(=O)/C=C/c3ccccc3)=C(O)C(=O)N2c2nc(C)c(C(C)=O)s2)cc1. The van der Waals surface area contributed by atoms with Gasteiger partial charge in [0.25, 0.3) is 5.91 Å². The highest BCUT2D eigenvalue weighted by Gasteiger charge is 2.45. The summed E-state index contributed by atoms with van der Waals surface area (Å²) in [6.45, 7) is 7.06. The summed E-state index contributed by atoms with van der Waals surface area (Å²) in [7, 11) is 0. The van der Waals surface area contributed by atoms with Gasteiger partial charge in [0.15, 0.2) is 22.5 Å². The average molecular weight is 501 g/mol. The van der Waals surface area contributed by atoms with Gasteiger partial charge < -0.3 is 9.84 Å². The molecule has 36 heavy (non-hydrogen) atoms. The molecule has 1 aromatic heterocycles. The number of thiazole rings is 1. The number of benzene rings is 2. The van der Waals surface area contributed by atoms with Crippen molar-refractivity contribution in [3.8, 4) is 5.75 Å². The first-order chi connectivity index (χ1) is 17.3. The van der Waals surface area contributed by atoms with Crippen molar-refractivity contribution in [2.75, 3.05) is 11.5 Å². The summed E-state index contributed by atoms with van der Waals surface area (Å²) in [6, 6.07) is 15.2. The summed E-state index contributed by atoms with van der Waals surface area (Å²) in [5.74, 6) is -1.51. The molecule has 0 saturated heterocycles. The first-order valence-electron chi connectivity index (χ1n) is 11.2. The summed E-state index contributed by atoms with van der Waals surface area (Å²) in [5, 5.41) is 11.1. The molecule has 4 rings (SSSR count). The lowest BCUT2D eigenvalue weighted by Crippen LogP contribution is -2.30. The van der Waals surface area contributed by atoms with Gasteiger partial charge in [-0.05, 0) is 36.3 Å². The maximum Gasteiger partial charge on any atom is 0.296 e. The highest BCUT2D eigenvalue weighted by Crippen LogP contribution is 2.43. The van der Waals surface area contributed by atoms with Crippen molar-refractivity contribution in [3.05, 3.63) is 106 Å². The van der Waals surface area contributed by atoms with Gasteiger partial charge in [-0.3, -0.25) is 19.3 Å². The van der Waals surface area contributed by atoms with Crippen LogP contribution in [-0.2, 0) is 9.59 Å². The molecule has 0 fully saturated rings. The van der Waals surface area contributed by atoms with Crippen LogP contribution in [0, 0.1) is 6.92 Å². The molecule has 0 spiro atoms. The minimum atomic E-state index is -0.941. The Kier molecular flexibility index (Phi) is 7.26. The predicted octanol–water partition coefficient (Wildman–Crippen LogP) is 5.40. The molecular formula is C28H24N2O5S. The van der Waals surface area contributed by atoms with E-state index in [1.807, 2.05) is 30.3 Å². The lowest BCUT2D eigenvalue weighted by atomic mass is 9.95. The number of rotatable bonds is 9. The Morgan fingerprint density at radius 1 is 1.17 bits per heavy atom. The molecule has 0 aliphatic carbocycles. The highest BCUT2D eigenvalue weighted by atomic mass is 32.1. The summed E-state index contributed by atoms with van der Waals surface area (Å²) >= 11 is 1.05. The molecule has 1 N–H and O–H groups in total. The summed E-state index contributed by atoms with van der Waals surface area (Å²) in [4.78, 5) is 44.7. The number of aromatic nitrogens is 1. The predicted molar refractivity (Wildman–Crippen MR) is 139 cm³/mol. The van der Waals surface area contributed by atoms with Crippen LogP contribution < -0.4 is 9.64 Å². The molecule has 0 saturated carbocycles. The van der Waals surface area contributed by atoms with Gasteiger partial charge in [0, 0.05) is 6.92 Å². The van der Waals surface area contributed by atoms with Gasteiger partial charge in [-0.2, -0.15) is 0 Å². The number of anilines is 1. The van der Waals surface area contributed by atoms with E-state index in [-0.39, 0.29) is 16.5 Å². The molecule has 1 unspecified atom stereocenters. The third-order valence-electron chi connectivity index (χ3n) is 5.58. The zero-order valence-corrected chi connectivity index (χ0v) is 20.6. The standard InChI is InChI=1S/C28H24N2O5S/c1-4-16-35-21-13-11-20(12-14-21)24-23(22(32)15-10-19-8-6-5-7-9-19)25(33)27(34)30(24)28-29-17(2)26(36-28)18(3)31/h4-15,24,33H,1,16H2,2-3H3/b15-10+. The van der Waals surface area contributed by atoms with Crippen LogP contribution in [0.25, 0.3) is 6.08 Å². The van der Waals surface area contributed by atoms with E-state index < -0.39 is 23.5 Å². The van der Waals surface area contributed by atoms with E-state index in [2.05, 4.69) is 11.6 Å². The quantitative estimate of drug-likeness (QED) is 0.240. The normalized spacial score (nSPS) is 15.6. The Balaban J connectivity index is 1.78. The second kappa shape index (κ2) is 10.5. The number of Topliss-reactive ketones (excluding diaryl/α,β-unsaturated/α-hetero) is 1. The molecule has 0 radical (unpaired) electrons. The van der Waals surface area contributed by atoms with E-state index in [0.29, 0.717) is 28.5 Å². The number of allylic oxidation sites excluding steroid dienone is 1. The fourth-order valence-electron chi connectivity index (χ4n) is 3.91. The van der Waals surface area contributed by atoms with E-state index in [9.17, 15) is 19.5 Å². The molecule has 1 aliphatic heterocycles. The monoisotopic (exact) mass is 500 g/mol. The van der Waals surface area contributed by atoms with Gasteiger partial charge in [0.05, 0.1) is 22.2 Å². The fourth-order valence-corrected chi connectivity index (χ4v) is 4.90. The molecule has 1 amide bonds. The van der Waals surface area contributed by atoms with Crippen LogP contribution in [-0.4, -0.2) is 34.2 Å². The van der Waals surface area contributed by atoms with E-state index in [1.54, 1.807) is 43.3 Å². The number of aliphatic hydroxyl groups is 1. The Labute approximate surface area is 212 Å². The molecule has 2 aromatic carbocycles. The van der Waals surface area contributed by atoms with Crippen molar-refractivity contribution < 1.29 is 24.2 Å². The maximum absolute atomic E-state index is 13.3. The second-order valence-corrected chi connectivity index (χ2v) is 9.06. The van der Waals surface area contributed by atoms with Crippen molar-refractivity contribution in [2.24, 2.45) is 0 Å². The average Bonchev–Trinajstić information content (AvgIpc) is 3.39. The number of nitrogens with zero attached hydrogens (tertiary/aromatic N) is 2. The summed E-state index contributed by atoms with van der Waals surface area (Å²) in [6.07, 6.45) is 4.58. The number of hydrogen-bond donors (Lipinski definition) is 1. The lowest BCUT2D eigenvalue weighted by Gasteiger charge is -2.24. The maximum atomic E-state index is 13.3. The molecule has 7 nitrogen and oxygen atoms in total. The number of aryl methyl sites for hydroxylation is 1. The molecule has 1 aliphatic rings. The summed E-state index contributed by atoms with van der Waals surface area (Å²) in [5.41, 5.74) is 1.79. The smallest absolute Gasteiger partial charge is 0.296 e. The Bertz CT molecular complexity index is 1390. The van der Waals surface area contributed by atoms with Crippen molar-refractivity contribution >= 4 is 40.0 Å². The van der Waals surface area contributed by atoms with Gasteiger partial charge in [0.1, 0.15) is 12.4 Å². The minimum Gasteiger partial charge on any atom is -0.503 e. The van der Waals surface area contributed by atoms with Gasteiger partial charge in [0.2, 0.25) is 0 Å². The van der Waals surface area contributed by atoms with Crippen LogP contribution in [0.15, 0.2) is 84.7 Å². The van der Waals surface area contributed by atoms with Crippen LogP contribution in [0.4, 0.5) is 5.13 Å². The number of ether oxygens (including phenoxy) is 1. The van der Waals surface area contributed by atoms with Crippen molar-refractivity contribution in [3.63, 3.8) is 0 Å². The number of ketones is 2. The van der Waals surface area contributed by atoms with Crippen LogP contribution >= 0.6 is 11.3 Å². The number of amides is 1. The zero-order chi connectivity index (χ0) is 25.8. The third kappa shape index (κ3) is 4.89. The first-order valence-corrected chi connectivity index (χ1v) is 12.0. The van der Waals surface area contributed by atoms with Crippen LogP contribution in [0.1, 0.15) is 39.5 Å². The first kappa shape index (κ1) is 24.8. The molecule has 1 atom stereocenters. The Morgan fingerprint density at radius 3 is 2.47 bits per heavy atom. The van der Waals surface area contributed by atoms with Gasteiger partial charge in [-0.15, -0.1) is 0 Å². The molecule has 3 aromatic rings. The zero-order valence-electron chi connectivity index (χ0n) is 19.8. The van der Waals surface area contributed by atoms with Crippen LogP contribution in [0.3, 0.4) is 0 Å². The Hall–Kier alpha value is -4.30. The van der Waals surface area contributed by atoms with Crippen molar-refractivity contribution in [2.45, 2.75) is 19.9 Å². The van der Waals surface area contributed by atoms with Gasteiger partial charge in [-0.1, -0.05) is 72.5 Å². The largest absolute Gasteiger partial charge is 0.503 e. The minimum absolute atomic E-state index is 0.0656. The molecule has 8 heteroatoms. The van der Waals surface area contributed by atoms with Crippen molar-refractivity contribution in [1.29, 1.82) is 0 Å². The van der Waals surface area contributed by atoms with Crippen LogP contribution in [0.2, 0.25) is 0 Å². The second-order valence-electron chi connectivity index (χ2n) is 8.08. The van der Waals surface area contributed by atoms with Gasteiger partial charge in [-0.25, -0.2) is 4.98 Å². The van der Waals surface area contributed by atoms with E-state index in [4.69, 9.17) is 4.74 Å². The van der Waals surface area contributed by atoms with E-state index >= 15 is 0 Å². The van der Waals surface area contributed by atoms with Crippen molar-refractivity contribution in [1.82, 2.24) is 4.98 Å². The molecular weight excluding hydrogens is 476 g/mol.